The second-order valence-corrected chi connectivity index (χ2v) is 10.3. The average molecular weight is 601 g/mol. The summed E-state index contributed by atoms with van der Waals surface area (Å²) in [7, 11) is 2.40. The van der Waals surface area contributed by atoms with E-state index in [0.29, 0.717) is 28.7 Å². The number of aliphatic hydroxyl groups excluding tert-OH is 1. The maximum Gasteiger partial charge on any atom is 1.00 e. The van der Waals surface area contributed by atoms with Gasteiger partial charge in [-0.15, -0.1) is 0 Å². The van der Waals surface area contributed by atoms with Crippen molar-refractivity contribution in [2.75, 3.05) is 14.2 Å². The van der Waals surface area contributed by atoms with Crippen molar-refractivity contribution in [2.45, 2.75) is 64.2 Å². The first kappa shape index (κ1) is 35.8. The van der Waals surface area contributed by atoms with E-state index < -0.39 is 5.97 Å². The molecule has 43 heavy (non-hydrogen) atoms. The van der Waals surface area contributed by atoms with Crippen molar-refractivity contribution in [3.05, 3.63) is 70.0 Å². The van der Waals surface area contributed by atoms with Gasteiger partial charge in [0.15, 0.2) is 0 Å². The Labute approximate surface area is 272 Å². The van der Waals surface area contributed by atoms with Gasteiger partial charge in [-0.25, -0.2) is 9.59 Å². The molecule has 2 heterocycles. The van der Waals surface area contributed by atoms with Crippen molar-refractivity contribution in [1.29, 1.82) is 0 Å². The number of aromatic carboxylic acids is 1. The number of aromatic amines is 2. The van der Waals surface area contributed by atoms with E-state index in [0.717, 1.165) is 47.9 Å². The van der Waals surface area contributed by atoms with E-state index in [4.69, 9.17) is 9.84 Å². The monoisotopic (exact) mass is 600 g/mol. The molecule has 6 rings (SSSR count). The van der Waals surface area contributed by atoms with Gasteiger partial charge in [0.2, 0.25) is 0 Å². The Balaban J connectivity index is 0.000000272. The van der Waals surface area contributed by atoms with Gasteiger partial charge in [0.1, 0.15) is 11.4 Å². The summed E-state index contributed by atoms with van der Waals surface area (Å²) < 4.78 is 4.85. The summed E-state index contributed by atoms with van der Waals surface area (Å²) >= 11 is 0. The van der Waals surface area contributed by atoms with Crippen LogP contribution in [0, 0.1) is 13.8 Å². The Morgan fingerprint density at radius 2 is 1.21 bits per heavy atom. The quantitative estimate of drug-likeness (QED) is 0.188. The van der Waals surface area contributed by atoms with E-state index in [1.807, 2.05) is 26.0 Å². The Morgan fingerprint density at radius 3 is 1.53 bits per heavy atom. The number of carboxylic acids is 1. The summed E-state index contributed by atoms with van der Waals surface area (Å²) in [6.45, 7) is 3.79. The third-order valence-electron chi connectivity index (χ3n) is 7.90. The molecule has 12 nitrogen and oxygen atoms in total. The van der Waals surface area contributed by atoms with E-state index in [2.05, 4.69) is 36.9 Å². The number of hydrogen-bond donors (Lipinski definition) is 4. The summed E-state index contributed by atoms with van der Waals surface area (Å²) in [5.41, 5.74) is 8.50. The molecule has 0 amide bonds. The molecule has 2 aliphatic carbocycles. The number of carbonyl (C=O) groups excluding carboxylic acids is 1. The summed E-state index contributed by atoms with van der Waals surface area (Å²) in [6, 6.07) is 7.70. The van der Waals surface area contributed by atoms with E-state index in [1.165, 1.54) is 43.9 Å². The van der Waals surface area contributed by atoms with Crippen LogP contribution in [-0.2, 0) is 4.74 Å². The molecule has 0 saturated heterocycles. The minimum absolute atomic E-state index is 0. The fourth-order valence-corrected chi connectivity index (χ4v) is 5.24. The minimum Gasteiger partial charge on any atom is -0.870 e. The predicted molar refractivity (Wildman–Crippen MR) is 155 cm³/mol. The number of aryl methyl sites for hydroxylation is 2. The van der Waals surface area contributed by atoms with E-state index in [1.54, 1.807) is 18.5 Å². The zero-order chi connectivity index (χ0) is 29.5. The normalized spacial score (nSPS) is 13.8. The number of carboxylic acid groups (broad SMARTS) is 1. The van der Waals surface area contributed by atoms with Crippen LogP contribution in [0.4, 0.5) is 0 Å². The molecular weight excluding hydrogens is 563 g/mol. The Morgan fingerprint density at radius 1 is 0.791 bits per heavy atom. The van der Waals surface area contributed by atoms with Crippen LogP contribution in [0.3, 0.4) is 0 Å². The SMILES string of the molecule is CO.COC(=O)c1cc(-c2cn[nH]n2)c(C2CCC2)cc1C.Cc1cc(C2CCC2)c(-c2cn[nH]n2)cc1C(=O)O.[Na+].[OH-]. The second-order valence-electron chi connectivity index (χ2n) is 10.3. The topological polar surface area (TPSA) is 197 Å². The van der Waals surface area contributed by atoms with Crippen molar-refractivity contribution in [3.63, 3.8) is 0 Å². The Hall–Kier alpha value is -3.42. The summed E-state index contributed by atoms with van der Waals surface area (Å²) in [5.74, 6) is -0.129. The summed E-state index contributed by atoms with van der Waals surface area (Å²) in [6.07, 6.45) is 10.5. The maximum absolute atomic E-state index is 11.9. The van der Waals surface area contributed by atoms with Gasteiger partial charge in [0.25, 0.3) is 0 Å². The standard InChI is InChI=1S/C15H17N3O2.C14H15N3O2.CH4O.Na.H2O/c1-9-6-12(10-4-3-5-10)13(14-8-16-18-17-14)7-11(9)15(19)20-2;1-8-5-11(9-3-2-4-9)12(6-10(8)14(18)19)13-7-15-17-16-13;1-2;;/h6-8,10H,3-5H2,1-2H3,(H,16,17,18);5-7,9H,2-4H2,1H3,(H,18,19)(H,15,16,17);2H,1H3;;1H2/q;;;+1;/p-1. The van der Waals surface area contributed by atoms with Crippen LogP contribution in [-0.4, -0.2) is 72.7 Å². The number of H-pyrrole nitrogens is 2. The molecule has 4 aromatic rings. The molecule has 0 unspecified atom stereocenters. The van der Waals surface area contributed by atoms with Crippen molar-refractivity contribution in [2.24, 2.45) is 0 Å². The molecule has 0 bridgehead atoms. The third kappa shape index (κ3) is 7.95. The van der Waals surface area contributed by atoms with Gasteiger partial charge >= 0.3 is 41.5 Å². The molecule has 13 heteroatoms. The second kappa shape index (κ2) is 16.4. The number of nitrogens with one attached hydrogen (secondary N) is 2. The largest absolute Gasteiger partial charge is 1.00 e. The molecule has 0 spiro atoms. The first-order chi connectivity index (χ1) is 19.9. The van der Waals surface area contributed by atoms with Gasteiger partial charge in [-0.2, -0.15) is 30.8 Å². The fraction of sp³-hybridized carbons (Fsp3) is 0.400. The number of benzene rings is 2. The van der Waals surface area contributed by atoms with Crippen LogP contribution in [0.2, 0.25) is 0 Å². The molecule has 2 fully saturated rings. The number of esters is 1. The zero-order valence-electron chi connectivity index (χ0n) is 25.2. The van der Waals surface area contributed by atoms with Crippen molar-refractivity contribution < 1.29 is 59.6 Å². The number of aliphatic hydroxyl groups is 1. The number of nitrogens with zero attached hydrogens (tertiary/aromatic N) is 4. The van der Waals surface area contributed by atoms with Crippen LogP contribution in [0.5, 0.6) is 0 Å². The van der Waals surface area contributed by atoms with Gasteiger partial charge in [-0.1, -0.05) is 25.0 Å². The third-order valence-corrected chi connectivity index (χ3v) is 7.90. The Kier molecular flexibility index (Phi) is 13.7. The summed E-state index contributed by atoms with van der Waals surface area (Å²) in [4.78, 5) is 23.1. The zero-order valence-corrected chi connectivity index (χ0v) is 27.2. The molecule has 2 aromatic carbocycles. The number of methoxy groups -OCH3 is 1. The predicted octanol–water partition coefficient (Wildman–Crippen LogP) is 2.02. The smallest absolute Gasteiger partial charge is 0.870 e. The Bertz CT molecular complexity index is 1490. The van der Waals surface area contributed by atoms with E-state index in [-0.39, 0.29) is 41.0 Å². The van der Waals surface area contributed by atoms with Gasteiger partial charge in [-0.3, -0.25) is 0 Å². The molecule has 2 aromatic heterocycles. The fourth-order valence-electron chi connectivity index (χ4n) is 5.24. The molecular formula is C30H37N6NaO6. The van der Waals surface area contributed by atoms with Gasteiger partial charge in [0.05, 0.1) is 30.6 Å². The molecule has 0 aliphatic heterocycles. The van der Waals surface area contributed by atoms with Gasteiger partial charge in [0, 0.05) is 18.2 Å². The van der Waals surface area contributed by atoms with Gasteiger partial charge < -0.3 is 20.4 Å². The first-order valence-corrected chi connectivity index (χ1v) is 13.6. The van der Waals surface area contributed by atoms with E-state index >= 15 is 0 Å². The molecule has 5 N–H and O–H groups in total. The molecule has 0 atom stereocenters. The molecule has 2 saturated carbocycles. The number of carbonyl (C=O) groups is 2. The number of ether oxygens (including phenoxy) is 1. The average Bonchev–Trinajstić information content (AvgIpc) is 3.63. The van der Waals surface area contributed by atoms with E-state index in [9.17, 15) is 14.7 Å². The molecule has 2 aliphatic rings. The van der Waals surface area contributed by atoms with Crippen LogP contribution in [0.25, 0.3) is 22.5 Å². The van der Waals surface area contributed by atoms with Crippen molar-refractivity contribution in [3.8, 4) is 22.5 Å². The summed E-state index contributed by atoms with van der Waals surface area (Å²) in [5, 5.41) is 37.4. The number of aromatic nitrogens is 6. The van der Waals surface area contributed by atoms with Crippen LogP contribution < -0.4 is 29.6 Å². The van der Waals surface area contributed by atoms with Crippen molar-refractivity contribution in [1.82, 2.24) is 30.8 Å². The molecule has 224 valence electrons. The van der Waals surface area contributed by atoms with Crippen LogP contribution in [0.1, 0.15) is 93.3 Å². The first-order valence-electron chi connectivity index (χ1n) is 13.6. The van der Waals surface area contributed by atoms with Gasteiger partial charge in [-0.05, 0) is 85.8 Å². The number of hydrogen-bond acceptors (Lipinski definition) is 9. The van der Waals surface area contributed by atoms with Crippen LogP contribution in [0.15, 0.2) is 36.7 Å². The van der Waals surface area contributed by atoms with Crippen LogP contribution >= 0.6 is 0 Å². The maximum atomic E-state index is 11.9. The number of rotatable bonds is 6. The molecule has 0 radical (unpaired) electrons. The van der Waals surface area contributed by atoms with Crippen molar-refractivity contribution >= 4 is 11.9 Å². The minimum atomic E-state index is -0.901.